The van der Waals surface area contributed by atoms with Crippen LogP contribution in [0.5, 0.6) is 34.5 Å². The zero-order chi connectivity index (χ0) is 31.1. The largest absolute Gasteiger partial charge is 0.457 e. The molecule has 45 heavy (non-hydrogen) atoms. The van der Waals surface area contributed by atoms with E-state index in [9.17, 15) is 8.42 Å². The van der Waals surface area contributed by atoms with Gasteiger partial charge in [-0.2, -0.15) is 8.42 Å². The van der Waals surface area contributed by atoms with Gasteiger partial charge in [-0.1, -0.05) is 54.6 Å². The summed E-state index contributed by atoms with van der Waals surface area (Å²) in [6, 6.07) is 50.3. The van der Waals surface area contributed by atoms with Crippen molar-refractivity contribution in [2.24, 2.45) is 0 Å². The van der Waals surface area contributed by atoms with E-state index in [1.54, 1.807) is 0 Å². The molecule has 6 nitrogen and oxygen atoms in total. The highest BCUT2D eigenvalue weighted by Crippen LogP contribution is 2.70. The first kappa shape index (κ1) is 30.0. The predicted octanol–water partition coefficient (Wildman–Crippen LogP) is 10.2. The monoisotopic (exact) mass is 634 g/mol. The number of rotatable bonds is 11. The lowest BCUT2D eigenvalue weighted by atomic mass is 10.3. The molecule has 8 heteroatoms. The minimum atomic E-state index is -3.96. The van der Waals surface area contributed by atoms with Gasteiger partial charge < -0.3 is 14.2 Å². The fraction of sp³-hybridized carbons (Fsp3) is 0.0270. The van der Waals surface area contributed by atoms with Gasteiger partial charge in [-0.25, -0.2) is 3.63 Å². The third-order valence-electron chi connectivity index (χ3n) is 6.63. The zero-order valence-corrected chi connectivity index (χ0v) is 26.0. The van der Waals surface area contributed by atoms with Gasteiger partial charge in [-0.3, -0.25) is 0 Å². The molecule has 0 amide bonds. The van der Waals surface area contributed by atoms with Crippen molar-refractivity contribution in [2.45, 2.75) is 14.7 Å². The number of para-hydroxylation sites is 3. The molecule has 0 radical (unpaired) electrons. The van der Waals surface area contributed by atoms with E-state index < -0.39 is 20.4 Å². The molecular weight excluding hydrogens is 605 g/mol. The molecule has 0 saturated heterocycles. The predicted molar refractivity (Wildman–Crippen MR) is 177 cm³/mol. The van der Waals surface area contributed by atoms with Crippen LogP contribution in [0.2, 0.25) is 0 Å². The van der Waals surface area contributed by atoms with E-state index in [-0.39, 0.29) is 0 Å². The molecular formula is C37H30O6S2. The molecule has 6 aromatic rings. The Morgan fingerprint density at radius 2 is 0.600 bits per heavy atom. The third kappa shape index (κ3) is 7.38. The summed E-state index contributed by atoms with van der Waals surface area (Å²) in [6.45, 7) is 0. The van der Waals surface area contributed by atoms with E-state index in [4.69, 9.17) is 17.8 Å². The maximum Gasteiger partial charge on any atom is 0.274 e. The molecule has 0 unspecified atom stereocenters. The van der Waals surface area contributed by atoms with Crippen LogP contribution in [0.15, 0.2) is 178 Å². The van der Waals surface area contributed by atoms with Gasteiger partial charge in [0.1, 0.15) is 34.5 Å². The average Bonchev–Trinajstić information content (AvgIpc) is 3.06. The second kappa shape index (κ2) is 13.3. The molecule has 0 heterocycles. The number of benzene rings is 6. The Morgan fingerprint density at radius 3 is 0.844 bits per heavy atom. The number of ether oxygens (including phenoxy) is 3. The smallest absolute Gasteiger partial charge is 0.274 e. The quantitative estimate of drug-likeness (QED) is 0.141. The summed E-state index contributed by atoms with van der Waals surface area (Å²) in [5, 5.41) is 0. The van der Waals surface area contributed by atoms with Gasteiger partial charge in [0.05, 0.1) is 6.26 Å². The fourth-order valence-electron chi connectivity index (χ4n) is 4.68. The van der Waals surface area contributed by atoms with Crippen LogP contribution in [-0.2, 0) is 13.7 Å². The van der Waals surface area contributed by atoms with E-state index >= 15 is 0 Å². The molecule has 0 aliphatic heterocycles. The molecule has 6 rings (SSSR count). The van der Waals surface area contributed by atoms with Crippen molar-refractivity contribution in [3.8, 4) is 34.5 Å². The topological polar surface area (TPSA) is 71.1 Å². The van der Waals surface area contributed by atoms with Crippen molar-refractivity contribution < 1.29 is 26.3 Å². The van der Waals surface area contributed by atoms with E-state index in [2.05, 4.69) is 0 Å². The summed E-state index contributed by atoms with van der Waals surface area (Å²) in [5.41, 5.74) is 0. The SMILES string of the molecule is CS(=O)(=O)OS(c1ccc(Oc2ccccc2)cc1)(c1ccc(Oc2ccccc2)cc1)c1ccc(Oc2ccccc2)cc1. The molecule has 0 N–H and O–H groups in total. The molecule has 0 saturated carbocycles. The first-order valence-corrected chi connectivity index (χ1v) is 17.5. The average molecular weight is 635 g/mol. The molecule has 0 aliphatic rings. The molecule has 226 valence electrons. The molecule has 0 aromatic heterocycles. The Kier molecular flexibility index (Phi) is 8.89. The third-order valence-corrected chi connectivity index (χ3v) is 11.2. The van der Waals surface area contributed by atoms with Crippen molar-refractivity contribution in [1.82, 2.24) is 0 Å². The van der Waals surface area contributed by atoms with E-state index in [0.717, 1.165) is 6.26 Å². The van der Waals surface area contributed by atoms with Crippen molar-refractivity contribution in [1.29, 1.82) is 0 Å². The Bertz CT molecular complexity index is 1730. The Hall–Kier alpha value is -5.02. The highest BCUT2D eigenvalue weighted by Gasteiger charge is 2.36. The van der Waals surface area contributed by atoms with E-state index in [1.165, 1.54) is 0 Å². The summed E-state index contributed by atoms with van der Waals surface area (Å²) in [5.74, 6) is 3.90. The Morgan fingerprint density at radius 1 is 0.356 bits per heavy atom. The van der Waals surface area contributed by atoms with Crippen LogP contribution in [0, 0.1) is 0 Å². The van der Waals surface area contributed by atoms with Gasteiger partial charge in [0.25, 0.3) is 10.1 Å². The Balaban J connectivity index is 1.43. The minimum absolute atomic E-state index is 0.607. The van der Waals surface area contributed by atoms with Gasteiger partial charge in [0, 0.05) is 14.7 Å². The normalized spacial score (nSPS) is 11.8. The fourth-order valence-corrected chi connectivity index (χ4v) is 9.48. The number of hydrogen-bond acceptors (Lipinski definition) is 6. The second-order valence-electron chi connectivity index (χ2n) is 9.99. The molecule has 6 aromatic carbocycles. The van der Waals surface area contributed by atoms with Crippen LogP contribution in [0.1, 0.15) is 0 Å². The molecule has 0 spiro atoms. The van der Waals surface area contributed by atoms with Crippen molar-refractivity contribution >= 4 is 20.4 Å². The Labute approximate surface area is 265 Å². The summed E-state index contributed by atoms with van der Waals surface area (Å²) < 4.78 is 50.3. The van der Waals surface area contributed by atoms with Gasteiger partial charge in [0.2, 0.25) is 0 Å². The summed E-state index contributed by atoms with van der Waals surface area (Å²) in [4.78, 5) is 2.00. The van der Waals surface area contributed by atoms with Gasteiger partial charge in [-0.05, 0) is 120 Å². The minimum Gasteiger partial charge on any atom is -0.457 e. The van der Waals surface area contributed by atoms with Crippen LogP contribution in [0.25, 0.3) is 0 Å². The maximum absolute atomic E-state index is 13.0. The lowest BCUT2D eigenvalue weighted by Gasteiger charge is -2.39. The van der Waals surface area contributed by atoms with Crippen molar-refractivity contribution in [3.05, 3.63) is 164 Å². The summed E-state index contributed by atoms with van der Waals surface area (Å²) >= 11 is 0. The zero-order valence-electron chi connectivity index (χ0n) is 24.4. The van der Waals surface area contributed by atoms with Crippen LogP contribution < -0.4 is 14.2 Å². The first-order chi connectivity index (χ1) is 21.9. The van der Waals surface area contributed by atoms with Crippen LogP contribution >= 0.6 is 10.3 Å². The first-order valence-electron chi connectivity index (χ1n) is 14.1. The van der Waals surface area contributed by atoms with Crippen LogP contribution in [0.4, 0.5) is 0 Å². The highest BCUT2D eigenvalue weighted by atomic mass is 32.3. The van der Waals surface area contributed by atoms with Gasteiger partial charge >= 0.3 is 0 Å². The highest BCUT2D eigenvalue weighted by molar-refractivity contribution is 8.33. The molecule has 0 bridgehead atoms. The summed E-state index contributed by atoms with van der Waals surface area (Å²) in [6.07, 6.45) is 1.07. The standard InChI is InChI=1S/C37H30O6S2/c1-44(38,39)43-45(35-23-17-32(18-24-35)40-29-11-5-2-6-12-29,36-25-19-33(20-26-36)41-30-13-7-3-8-14-30)37-27-21-34(22-28-37)42-31-15-9-4-10-16-31/h2-28H,1H3. The summed E-state index contributed by atoms with van der Waals surface area (Å²) in [7, 11) is -6.77. The lowest BCUT2D eigenvalue weighted by Crippen LogP contribution is -2.13. The molecule has 0 aliphatic carbocycles. The number of hydrogen-bond donors (Lipinski definition) is 0. The maximum atomic E-state index is 13.0. The molecule has 0 fully saturated rings. The van der Waals surface area contributed by atoms with Crippen LogP contribution in [-0.4, -0.2) is 14.7 Å². The van der Waals surface area contributed by atoms with Crippen molar-refractivity contribution in [3.63, 3.8) is 0 Å². The van der Waals surface area contributed by atoms with E-state index in [1.807, 2.05) is 164 Å². The van der Waals surface area contributed by atoms with Crippen molar-refractivity contribution in [2.75, 3.05) is 6.26 Å². The van der Waals surface area contributed by atoms with E-state index in [0.29, 0.717) is 49.2 Å². The van der Waals surface area contributed by atoms with Crippen LogP contribution in [0.3, 0.4) is 0 Å². The van der Waals surface area contributed by atoms with Gasteiger partial charge in [-0.15, -0.1) is 0 Å². The lowest BCUT2D eigenvalue weighted by molar-refractivity contribution is 0.482. The molecule has 0 atom stereocenters. The second-order valence-corrected chi connectivity index (χ2v) is 14.5. The van der Waals surface area contributed by atoms with Gasteiger partial charge in [0.15, 0.2) is 0 Å².